The third-order valence-electron chi connectivity index (χ3n) is 5.18. The second-order valence-electron chi connectivity index (χ2n) is 6.59. The van der Waals surface area contributed by atoms with Gasteiger partial charge in [0.25, 0.3) is 0 Å². The molecule has 1 saturated heterocycles. The van der Waals surface area contributed by atoms with Gasteiger partial charge in [0.05, 0.1) is 11.3 Å². The fourth-order valence-electron chi connectivity index (χ4n) is 3.97. The molecule has 1 aliphatic carbocycles. The van der Waals surface area contributed by atoms with Gasteiger partial charge in [-0.1, -0.05) is 12.8 Å². The van der Waals surface area contributed by atoms with E-state index in [1.54, 1.807) is 6.20 Å². The van der Waals surface area contributed by atoms with E-state index in [1.807, 2.05) is 16.7 Å². The van der Waals surface area contributed by atoms with Crippen molar-refractivity contribution in [1.29, 1.82) is 0 Å². The number of rotatable bonds is 2. The number of hydrogen-bond donors (Lipinski definition) is 1. The van der Waals surface area contributed by atoms with E-state index in [9.17, 15) is 5.11 Å². The van der Waals surface area contributed by atoms with Crippen LogP contribution in [-0.4, -0.2) is 43.1 Å². The van der Waals surface area contributed by atoms with Gasteiger partial charge in [-0.25, -0.2) is 9.97 Å². The average Bonchev–Trinajstić information content (AvgIpc) is 2.89. The number of nitrogens with zero attached hydrogens (tertiary/aromatic N) is 4. The quantitative estimate of drug-likeness (QED) is 0.915. The summed E-state index contributed by atoms with van der Waals surface area (Å²) in [7, 11) is 0. The fraction of sp³-hybridized carbons (Fsp3) is 0.625. The van der Waals surface area contributed by atoms with Crippen molar-refractivity contribution in [3.8, 4) is 0 Å². The van der Waals surface area contributed by atoms with Crippen LogP contribution in [0.2, 0.25) is 0 Å². The minimum atomic E-state index is -0.394. The Morgan fingerprint density at radius 3 is 3.19 bits per heavy atom. The maximum absolute atomic E-state index is 10.7. The van der Waals surface area contributed by atoms with Crippen LogP contribution < -0.4 is 0 Å². The first kappa shape index (κ1) is 13.2. The SMILES string of the molecule is OC12CCCCC1CN(Cc1cn3cccnc3n1)CC2. The zero-order valence-electron chi connectivity index (χ0n) is 12.3. The molecule has 0 amide bonds. The first-order valence-electron chi connectivity index (χ1n) is 7.96. The molecule has 2 aromatic rings. The van der Waals surface area contributed by atoms with E-state index in [1.165, 1.54) is 19.3 Å². The lowest BCUT2D eigenvalue weighted by molar-refractivity contribution is -0.0969. The lowest BCUT2D eigenvalue weighted by atomic mass is 9.71. The maximum Gasteiger partial charge on any atom is 0.233 e. The smallest absolute Gasteiger partial charge is 0.233 e. The van der Waals surface area contributed by atoms with Gasteiger partial charge < -0.3 is 5.11 Å². The first-order valence-corrected chi connectivity index (χ1v) is 7.96. The Morgan fingerprint density at radius 1 is 1.33 bits per heavy atom. The van der Waals surface area contributed by atoms with E-state index in [4.69, 9.17) is 0 Å². The molecular weight excluding hydrogens is 264 g/mol. The summed E-state index contributed by atoms with van der Waals surface area (Å²) >= 11 is 0. The van der Waals surface area contributed by atoms with Crippen LogP contribution in [0.25, 0.3) is 5.78 Å². The molecule has 1 aliphatic heterocycles. The molecule has 2 aromatic heterocycles. The summed E-state index contributed by atoms with van der Waals surface area (Å²) in [6, 6.07) is 1.92. The van der Waals surface area contributed by atoms with E-state index in [2.05, 4.69) is 21.1 Å². The number of imidazole rings is 1. The Kier molecular flexibility index (Phi) is 3.19. The molecule has 2 fully saturated rings. The Hall–Kier alpha value is -1.46. The summed E-state index contributed by atoms with van der Waals surface area (Å²) in [5, 5.41) is 10.7. The van der Waals surface area contributed by atoms with E-state index in [-0.39, 0.29) is 0 Å². The maximum atomic E-state index is 10.7. The summed E-state index contributed by atoms with van der Waals surface area (Å²) < 4.78 is 1.97. The molecule has 2 atom stereocenters. The standard InChI is InChI=1S/C16H22N4O/c21-16-5-2-1-4-13(16)10-19(9-6-16)11-14-12-20-8-3-7-17-15(20)18-14/h3,7-8,12-13,21H,1-2,4-6,9-11H2. The van der Waals surface area contributed by atoms with Crippen LogP contribution in [0.3, 0.4) is 0 Å². The van der Waals surface area contributed by atoms with E-state index < -0.39 is 5.60 Å². The van der Waals surface area contributed by atoms with Gasteiger partial charge in [0, 0.05) is 44.1 Å². The molecule has 2 aliphatic rings. The molecule has 1 N–H and O–H groups in total. The summed E-state index contributed by atoms with van der Waals surface area (Å²) in [6.07, 6.45) is 11.3. The molecule has 4 rings (SSSR count). The molecule has 0 bridgehead atoms. The topological polar surface area (TPSA) is 53.7 Å². The monoisotopic (exact) mass is 286 g/mol. The highest BCUT2D eigenvalue weighted by molar-refractivity contribution is 5.29. The highest BCUT2D eigenvalue weighted by atomic mass is 16.3. The number of aromatic nitrogens is 3. The second kappa shape index (κ2) is 5.07. The molecule has 5 heteroatoms. The van der Waals surface area contributed by atoms with Crippen molar-refractivity contribution in [3.63, 3.8) is 0 Å². The van der Waals surface area contributed by atoms with Gasteiger partial charge in [0.1, 0.15) is 0 Å². The summed E-state index contributed by atoms with van der Waals surface area (Å²) in [4.78, 5) is 11.3. The van der Waals surface area contributed by atoms with Crippen molar-refractivity contribution in [2.24, 2.45) is 5.92 Å². The molecule has 1 saturated carbocycles. The zero-order chi connectivity index (χ0) is 14.3. The van der Waals surface area contributed by atoms with Crippen LogP contribution in [0.1, 0.15) is 37.8 Å². The Morgan fingerprint density at radius 2 is 2.29 bits per heavy atom. The van der Waals surface area contributed by atoms with Crippen LogP contribution in [0.15, 0.2) is 24.7 Å². The van der Waals surface area contributed by atoms with E-state index in [0.29, 0.717) is 5.92 Å². The van der Waals surface area contributed by atoms with Gasteiger partial charge in [-0.15, -0.1) is 0 Å². The molecule has 3 heterocycles. The predicted molar refractivity (Wildman–Crippen MR) is 79.8 cm³/mol. The van der Waals surface area contributed by atoms with Crippen LogP contribution in [0, 0.1) is 5.92 Å². The van der Waals surface area contributed by atoms with Crippen molar-refractivity contribution in [2.45, 2.75) is 44.2 Å². The summed E-state index contributed by atoms with van der Waals surface area (Å²) in [6.45, 7) is 2.82. The molecule has 2 unspecified atom stereocenters. The first-order chi connectivity index (χ1) is 10.2. The number of fused-ring (bicyclic) bond motifs is 2. The molecular formula is C16H22N4O. The minimum Gasteiger partial charge on any atom is -0.390 e. The van der Waals surface area contributed by atoms with Crippen LogP contribution >= 0.6 is 0 Å². The molecule has 5 nitrogen and oxygen atoms in total. The summed E-state index contributed by atoms with van der Waals surface area (Å²) in [5.74, 6) is 1.20. The van der Waals surface area contributed by atoms with Gasteiger partial charge in [0.15, 0.2) is 0 Å². The zero-order valence-corrected chi connectivity index (χ0v) is 12.3. The minimum absolute atomic E-state index is 0.394. The van der Waals surface area contributed by atoms with Gasteiger partial charge in [-0.3, -0.25) is 9.30 Å². The summed E-state index contributed by atoms with van der Waals surface area (Å²) in [5.41, 5.74) is 0.671. The van der Waals surface area contributed by atoms with Crippen molar-refractivity contribution in [1.82, 2.24) is 19.3 Å². The highest BCUT2D eigenvalue weighted by Crippen LogP contribution is 2.39. The van der Waals surface area contributed by atoms with Crippen molar-refractivity contribution in [3.05, 3.63) is 30.4 Å². The molecule has 0 spiro atoms. The van der Waals surface area contributed by atoms with Crippen LogP contribution in [-0.2, 0) is 6.54 Å². The van der Waals surface area contributed by atoms with Crippen molar-refractivity contribution >= 4 is 5.78 Å². The predicted octanol–water partition coefficient (Wildman–Crippen LogP) is 1.86. The van der Waals surface area contributed by atoms with Crippen LogP contribution in [0.4, 0.5) is 0 Å². The highest BCUT2D eigenvalue weighted by Gasteiger charge is 2.42. The Balaban J connectivity index is 1.48. The molecule has 0 radical (unpaired) electrons. The number of piperidine rings is 1. The van der Waals surface area contributed by atoms with E-state index in [0.717, 1.165) is 43.9 Å². The third kappa shape index (κ3) is 2.45. The fourth-order valence-corrected chi connectivity index (χ4v) is 3.97. The average molecular weight is 286 g/mol. The van der Waals surface area contributed by atoms with Crippen LogP contribution in [0.5, 0.6) is 0 Å². The van der Waals surface area contributed by atoms with E-state index >= 15 is 0 Å². The molecule has 0 aromatic carbocycles. The number of likely N-dealkylation sites (tertiary alicyclic amines) is 1. The molecule has 112 valence electrons. The van der Waals surface area contributed by atoms with Gasteiger partial charge in [-0.2, -0.15) is 0 Å². The van der Waals surface area contributed by atoms with Crippen molar-refractivity contribution < 1.29 is 5.11 Å². The number of aliphatic hydroxyl groups is 1. The largest absolute Gasteiger partial charge is 0.390 e. The van der Waals surface area contributed by atoms with Gasteiger partial charge >= 0.3 is 0 Å². The Bertz CT molecular complexity index is 607. The van der Waals surface area contributed by atoms with Gasteiger partial charge in [-0.05, 0) is 25.3 Å². The second-order valence-corrected chi connectivity index (χ2v) is 6.59. The lowest BCUT2D eigenvalue weighted by Gasteiger charge is -2.47. The number of hydrogen-bond acceptors (Lipinski definition) is 4. The third-order valence-corrected chi connectivity index (χ3v) is 5.18. The molecule has 21 heavy (non-hydrogen) atoms. The van der Waals surface area contributed by atoms with Gasteiger partial charge in [0.2, 0.25) is 5.78 Å². The lowest BCUT2D eigenvalue weighted by Crippen LogP contribution is -2.52. The normalized spacial score (nSPS) is 30.4. The Labute approximate surface area is 124 Å². The van der Waals surface area contributed by atoms with Crippen molar-refractivity contribution in [2.75, 3.05) is 13.1 Å².